The van der Waals surface area contributed by atoms with Crippen molar-refractivity contribution in [2.24, 2.45) is 0 Å². The van der Waals surface area contributed by atoms with Crippen molar-refractivity contribution in [3.05, 3.63) is 29.8 Å². The van der Waals surface area contributed by atoms with Crippen LogP contribution in [-0.4, -0.2) is 39.0 Å². The first-order valence-electron chi connectivity index (χ1n) is 5.80. The van der Waals surface area contributed by atoms with E-state index in [0.29, 0.717) is 5.69 Å². The van der Waals surface area contributed by atoms with E-state index in [2.05, 4.69) is 5.32 Å². The van der Waals surface area contributed by atoms with Crippen LogP contribution in [0.4, 0.5) is 5.69 Å². The van der Waals surface area contributed by atoms with Crippen LogP contribution in [0.1, 0.15) is 17.3 Å². The van der Waals surface area contributed by atoms with Crippen molar-refractivity contribution in [2.45, 2.75) is 12.2 Å². The minimum absolute atomic E-state index is 0.246. The number of nitrogens with zero attached hydrogens (tertiary/aromatic N) is 1. The third-order valence-corrected chi connectivity index (χ3v) is 5.00. The topological polar surface area (TPSA) is 83.6 Å². The molecule has 1 atom stereocenters. The molecular formula is C12H14N2O4S. The first-order valence-corrected chi connectivity index (χ1v) is 7.30. The number of hydrogen-bond donors (Lipinski definition) is 1. The fraction of sp³-hybridized carbons (Fsp3) is 0.333. The smallest absolute Gasteiger partial charge is 0.254 e. The van der Waals surface area contributed by atoms with Crippen molar-refractivity contribution in [2.75, 3.05) is 17.9 Å². The number of ketones is 1. The van der Waals surface area contributed by atoms with E-state index in [0.717, 1.165) is 4.31 Å². The summed E-state index contributed by atoms with van der Waals surface area (Å²) in [4.78, 5) is 24.1. The number of nitrogens with one attached hydrogen (secondary N) is 1. The van der Waals surface area contributed by atoms with Crippen molar-refractivity contribution in [1.29, 1.82) is 0 Å². The number of para-hydroxylation sites is 1. The van der Waals surface area contributed by atoms with Gasteiger partial charge in [-0.2, -0.15) is 0 Å². The van der Waals surface area contributed by atoms with Crippen LogP contribution in [0.3, 0.4) is 0 Å². The zero-order valence-corrected chi connectivity index (χ0v) is 11.4. The average molecular weight is 282 g/mol. The van der Waals surface area contributed by atoms with Gasteiger partial charge in [-0.05, 0) is 19.1 Å². The maximum absolute atomic E-state index is 12.2. The molecule has 1 aromatic carbocycles. The molecule has 1 heterocycles. The van der Waals surface area contributed by atoms with Gasteiger partial charge in [-0.15, -0.1) is 0 Å². The second-order valence-electron chi connectivity index (χ2n) is 4.17. The lowest BCUT2D eigenvalue weighted by Crippen LogP contribution is -2.53. The van der Waals surface area contributed by atoms with E-state index in [1.807, 2.05) is 0 Å². The maximum Gasteiger partial charge on any atom is 0.254 e. The van der Waals surface area contributed by atoms with Crippen LogP contribution in [0.15, 0.2) is 24.3 Å². The summed E-state index contributed by atoms with van der Waals surface area (Å²) < 4.78 is 25.5. The molecule has 2 rings (SSSR count). The lowest BCUT2D eigenvalue weighted by atomic mass is 10.0. The number of rotatable bonds is 2. The quantitative estimate of drug-likeness (QED) is 0.783. The fourth-order valence-corrected chi connectivity index (χ4v) is 3.55. The Balaban J connectivity index is 2.60. The molecule has 19 heavy (non-hydrogen) atoms. The Morgan fingerprint density at radius 3 is 2.63 bits per heavy atom. The van der Waals surface area contributed by atoms with Gasteiger partial charge < -0.3 is 5.32 Å². The highest BCUT2D eigenvalue weighted by Gasteiger charge is 2.47. The second kappa shape index (κ2) is 4.65. The van der Waals surface area contributed by atoms with Crippen LogP contribution in [0.2, 0.25) is 0 Å². The Labute approximate surface area is 111 Å². The first-order chi connectivity index (χ1) is 8.91. The molecule has 0 saturated heterocycles. The molecule has 7 heteroatoms. The monoisotopic (exact) mass is 282 g/mol. The summed E-state index contributed by atoms with van der Waals surface area (Å²) >= 11 is 0. The minimum Gasteiger partial charge on any atom is -0.355 e. The molecule has 0 radical (unpaired) electrons. The summed E-state index contributed by atoms with van der Waals surface area (Å²) in [6.07, 6.45) is 0. The van der Waals surface area contributed by atoms with Gasteiger partial charge in [-0.1, -0.05) is 12.1 Å². The molecule has 0 bridgehead atoms. The molecule has 0 aliphatic carbocycles. The number of hydrogen-bond acceptors (Lipinski definition) is 4. The van der Waals surface area contributed by atoms with E-state index >= 15 is 0 Å². The standard InChI is InChI=1S/C12H14N2O4S/c1-3-13-12(16)11-10(15)8-6-4-5-7-9(8)14(2)19(11,17)18/h4-7,11H,3H2,1-2H3,(H,13,16)/t11-/m1/s1. The van der Waals surface area contributed by atoms with Crippen LogP contribution in [-0.2, 0) is 14.8 Å². The minimum atomic E-state index is -4.01. The molecule has 1 aliphatic rings. The van der Waals surface area contributed by atoms with Crippen molar-refractivity contribution in [3.63, 3.8) is 0 Å². The summed E-state index contributed by atoms with van der Waals surface area (Å²) in [5, 5.41) is 0.686. The summed E-state index contributed by atoms with van der Waals surface area (Å²) in [5.41, 5.74) is 0.545. The average Bonchev–Trinajstić information content (AvgIpc) is 2.36. The Bertz CT molecular complexity index is 639. The van der Waals surface area contributed by atoms with Crippen molar-refractivity contribution in [1.82, 2.24) is 5.32 Å². The number of fused-ring (bicyclic) bond motifs is 1. The van der Waals surface area contributed by atoms with Crippen molar-refractivity contribution >= 4 is 27.4 Å². The number of Topliss-reactive ketones (excluding diaryl/α,β-unsaturated/α-hetero) is 1. The van der Waals surface area contributed by atoms with Gasteiger partial charge in [-0.25, -0.2) is 8.42 Å². The molecule has 1 amide bonds. The largest absolute Gasteiger partial charge is 0.355 e. The zero-order chi connectivity index (χ0) is 14.2. The highest BCUT2D eigenvalue weighted by Crippen LogP contribution is 2.31. The lowest BCUT2D eigenvalue weighted by Gasteiger charge is -2.30. The molecule has 1 aliphatic heterocycles. The van der Waals surface area contributed by atoms with Crippen molar-refractivity contribution < 1.29 is 18.0 Å². The van der Waals surface area contributed by atoms with Crippen molar-refractivity contribution in [3.8, 4) is 0 Å². The van der Waals surface area contributed by atoms with E-state index < -0.39 is 27.0 Å². The summed E-state index contributed by atoms with van der Waals surface area (Å²) in [6, 6.07) is 6.34. The van der Waals surface area contributed by atoms with Crippen LogP contribution >= 0.6 is 0 Å². The van der Waals surface area contributed by atoms with Gasteiger partial charge >= 0.3 is 0 Å². The molecule has 6 nitrogen and oxygen atoms in total. The lowest BCUT2D eigenvalue weighted by molar-refractivity contribution is -0.119. The highest BCUT2D eigenvalue weighted by atomic mass is 32.2. The number of sulfonamides is 1. The highest BCUT2D eigenvalue weighted by molar-refractivity contribution is 7.95. The Morgan fingerprint density at radius 1 is 1.37 bits per heavy atom. The van der Waals surface area contributed by atoms with E-state index in [-0.39, 0.29) is 12.1 Å². The SMILES string of the molecule is CCNC(=O)[C@H]1C(=O)c2ccccc2N(C)S1(=O)=O. The van der Waals surface area contributed by atoms with Crippen LogP contribution < -0.4 is 9.62 Å². The third-order valence-electron chi connectivity index (χ3n) is 3.02. The van der Waals surface area contributed by atoms with Gasteiger partial charge in [0.05, 0.1) is 5.69 Å². The van der Waals surface area contributed by atoms with E-state index in [1.165, 1.54) is 13.1 Å². The molecule has 102 valence electrons. The summed E-state index contributed by atoms with van der Waals surface area (Å²) in [5.74, 6) is -1.46. The van der Waals surface area contributed by atoms with Gasteiger partial charge in [0.15, 0.2) is 5.78 Å². The molecule has 1 aromatic rings. The molecular weight excluding hydrogens is 268 g/mol. The molecule has 0 saturated carbocycles. The maximum atomic E-state index is 12.2. The normalized spacial score (nSPS) is 20.8. The predicted octanol–water partition coefficient (Wildman–Crippen LogP) is 0.154. The van der Waals surface area contributed by atoms with Crippen LogP contribution in [0.5, 0.6) is 0 Å². The Hall–Kier alpha value is -1.89. The number of carbonyl (C=O) groups is 2. The molecule has 0 spiro atoms. The predicted molar refractivity (Wildman–Crippen MR) is 70.6 cm³/mol. The number of amides is 1. The van der Waals surface area contributed by atoms with Gasteiger partial charge in [0.2, 0.25) is 11.2 Å². The van der Waals surface area contributed by atoms with Gasteiger partial charge in [0.25, 0.3) is 10.0 Å². The Morgan fingerprint density at radius 2 is 2.00 bits per heavy atom. The summed E-state index contributed by atoms with van der Waals surface area (Å²) in [7, 11) is -2.67. The van der Waals surface area contributed by atoms with Gasteiger partial charge in [-0.3, -0.25) is 13.9 Å². The molecule has 0 fully saturated rings. The number of anilines is 1. The van der Waals surface area contributed by atoms with Crippen LogP contribution in [0, 0.1) is 0 Å². The molecule has 0 unspecified atom stereocenters. The first kappa shape index (κ1) is 13.5. The molecule has 1 N–H and O–H groups in total. The van der Waals surface area contributed by atoms with E-state index in [9.17, 15) is 18.0 Å². The van der Waals surface area contributed by atoms with E-state index in [4.69, 9.17) is 0 Å². The number of carbonyl (C=O) groups excluding carboxylic acids is 2. The third kappa shape index (κ3) is 1.99. The zero-order valence-electron chi connectivity index (χ0n) is 10.6. The molecule has 0 aromatic heterocycles. The number of benzene rings is 1. The van der Waals surface area contributed by atoms with E-state index in [1.54, 1.807) is 25.1 Å². The van der Waals surface area contributed by atoms with Gasteiger partial charge in [0, 0.05) is 19.2 Å². The second-order valence-corrected chi connectivity index (χ2v) is 6.22. The van der Waals surface area contributed by atoms with Gasteiger partial charge in [0.1, 0.15) is 0 Å². The Kier molecular flexibility index (Phi) is 3.32. The van der Waals surface area contributed by atoms with Crippen LogP contribution in [0.25, 0.3) is 0 Å². The fourth-order valence-electron chi connectivity index (χ4n) is 2.05. The summed E-state index contributed by atoms with van der Waals surface area (Å²) in [6.45, 7) is 1.93.